The number of amides is 1. The molecule has 146 valence electrons. The molecule has 0 bridgehead atoms. The largest absolute Gasteiger partial charge is 0.343 e. The lowest BCUT2D eigenvalue weighted by Gasteiger charge is -2.05. The summed E-state index contributed by atoms with van der Waals surface area (Å²) in [5.74, 6) is 0.651. The quantitative estimate of drug-likeness (QED) is 0.543. The van der Waals surface area contributed by atoms with Crippen molar-refractivity contribution in [1.29, 1.82) is 0 Å². The number of nitrogens with one attached hydrogen (secondary N) is 1. The highest BCUT2D eigenvalue weighted by molar-refractivity contribution is 5.94. The van der Waals surface area contributed by atoms with E-state index in [9.17, 15) is 4.79 Å². The number of aromatic nitrogens is 4. The molecule has 0 aliphatic rings. The molecule has 2 aromatic heterocycles. The van der Waals surface area contributed by atoms with Crippen LogP contribution in [0.2, 0.25) is 0 Å². The fraction of sp³-hybridized carbons (Fsp3) is 0.182. The normalized spacial score (nSPS) is 10.8. The lowest BCUT2D eigenvalue weighted by atomic mass is 10.1. The van der Waals surface area contributed by atoms with Crippen molar-refractivity contribution in [2.75, 3.05) is 0 Å². The first-order chi connectivity index (χ1) is 14.1. The van der Waals surface area contributed by atoms with Crippen LogP contribution in [0.4, 0.5) is 0 Å². The first-order valence-corrected chi connectivity index (χ1v) is 9.44. The third-order valence-corrected chi connectivity index (χ3v) is 4.61. The summed E-state index contributed by atoms with van der Waals surface area (Å²) < 4.78 is 7.24. The number of benzene rings is 2. The van der Waals surface area contributed by atoms with Crippen LogP contribution in [0.3, 0.4) is 0 Å². The Labute approximate surface area is 168 Å². The maximum absolute atomic E-state index is 12.2. The van der Waals surface area contributed by atoms with Gasteiger partial charge in [0.1, 0.15) is 0 Å². The summed E-state index contributed by atoms with van der Waals surface area (Å²) in [5, 5.41) is 11.2. The predicted octanol–water partition coefficient (Wildman–Crippen LogP) is 3.86. The van der Waals surface area contributed by atoms with Gasteiger partial charge in [0, 0.05) is 29.4 Å². The second-order valence-electron chi connectivity index (χ2n) is 6.67. The van der Waals surface area contributed by atoms with Crippen molar-refractivity contribution in [3.05, 3.63) is 77.8 Å². The molecule has 4 rings (SSSR count). The zero-order valence-corrected chi connectivity index (χ0v) is 16.3. The smallest absolute Gasteiger partial charge is 0.251 e. The van der Waals surface area contributed by atoms with Crippen LogP contribution in [0.25, 0.3) is 22.6 Å². The minimum Gasteiger partial charge on any atom is -0.343 e. The molecule has 7 heteroatoms. The van der Waals surface area contributed by atoms with Crippen molar-refractivity contribution < 1.29 is 9.32 Å². The fourth-order valence-corrected chi connectivity index (χ4v) is 3.05. The summed E-state index contributed by atoms with van der Waals surface area (Å²) >= 11 is 0. The van der Waals surface area contributed by atoms with Gasteiger partial charge >= 0.3 is 0 Å². The first kappa shape index (κ1) is 18.6. The lowest BCUT2D eigenvalue weighted by Crippen LogP contribution is -2.22. The summed E-state index contributed by atoms with van der Waals surface area (Å²) in [4.78, 5) is 16.6. The Balaban J connectivity index is 1.47. The Morgan fingerprint density at radius 3 is 2.69 bits per heavy atom. The Morgan fingerprint density at radius 1 is 1.10 bits per heavy atom. The van der Waals surface area contributed by atoms with Crippen LogP contribution in [-0.2, 0) is 13.1 Å². The van der Waals surface area contributed by atoms with Gasteiger partial charge in [-0.25, -0.2) is 0 Å². The Kier molecular flexibility index (Phi) is 5.20. The van der Waals surface area contributed by atoms with E-state index < -0.39 is 0 Å². The highest BCUT2D eigenvalue weighted by atomic mass is 16.5. The molecule has 1 N–H and O–H groups in total. The Hall–Kier alpha value is -3.74. The minimum atomic E-state index is -0.181. The molecule has 1 amide bonds. The van der Waals surface area contributed by atoms with E-state index >= 15 is 0 Å². The molecule has 0 spiro atoms. The van der Waals surface area contributed by atoms with Gasteiger partial charge in [0.05, 0.1) is 12.2 Å². The van der Waals surface area contributed by atoms with E-state index in [1.54, 1.807) is 18.3 Å². The highest BCUT2D eigenvalue weighted by Crippen LogP contribution is 2.24. The van der Waals surface area contributed by atoms with E-state index in [4.69, 9.17) is 4.52 Å². The molecular weight excluding hydrogens is 366 g/mol. The van der Waals surface area contributed by atoms with Gasteiger partial charge in [-0.15, -0.1) is 0 Å². The third kappa shape index (κ3) is 4.08. The summed E-state index contributed by atoms with van der Waals surface area (Å²) in [6, 6.07) is 17.3. The molecule has 7 nitrogen and oxygen atoms in total. The number of hydrogen-bond acceptors (Lipinski definition) is 5. The van der Waals surface area contributed by atoms with Crippen LogP contribution in [0.15, 0.2) is 65.3 Å². The zero-order valence-electron chi connectivity index (χ0n) is 16.3. The number of carbonyl (C=O) groups is 1. The molecule has 0 aliphatic heterocycles. The molecule has 0 saturated carbocycles. The summed E-state index contributed by atoms with van der Waals surface area (Å²) in [7, 11) is 0. The molecule has 0 fully saturated rings. The van der Waals surface area contributed by atoms with Gasteiger partial charge in [-0.2, -0.15) is 10.1 Å². The van der Waals surface area contributed by atoms with Gasteiger partial charge in [-0.1, -0.05) is 41.1 Å². The van der Waals surface area contributed by atoms with E-state index in [-0.39, 0.29) is 12.5 Å². The molecule has 2 heterocycles. The van der Waals surface area contributed by atoms with Crippen LogP contribution in [0, 0.1) is 6.92 Å². The highest BCUT2D eigenvalue weighted by Gasteiger charge is 2.12. The van der Waals surface area contributed by atoms with E-state index in [0.717, 1.165) is 28.9 Å². The van der Waals surface area contributed by atoms with Crippen LogP contribution in [-0.4, -0.2) is 25.8 Å². The molecule has 0 radical (unpaired) electrons. The van der Waals surface area contributed by atoms with Crippen LogP contribution >= 0.6 is 0 Å². The standard InChI is InChI=1S/C22H21N5O2/c1-3-27-19(11-12-24-27)17-5-4-6-18(13-17)21-25-20(29-26-21)14-23-22(28)16-9-7-15(2)8-10-16/h4-13H,3,14H2,1-2H3,(H,23,28). The van der Waals surface area contributed by atoms with Crippen molar-refractivity contribution in [1.82, 2.24) is 25.2 Å². The van der Waals surface area contributed by atoms with Crippen molar-refractivity contribution >= 4 is 5.91 Å². The zero-order chi connectivity index (χ0) is 20.2. The van der Waals surface area contributed by atoms with E-state index in [1.807, 2.05) is 54.1 Å². The average molecular weight is 387 g/mol. The van der Waals surface area contributed by atoms with Crippen molar-refractivity contribution in [2.45, 2.75) is 26.9 Å². The first-order valence-electron chi connectivity index (χ1n) is 9.44. The van der Waals surface area contributed by atoms with Crippen LogP contribution in [0.1, 0.15) is 28.7 Å². The fourth-order valence-electron chi connectivity index (χ4n) is 3.05. The number of rotatable bonds is 6. The minimum absolute atomic E-state index is 0.169. The molecule has 0 unspecified atom stereocenters. The lowest BCUT2D eigenvalue weighted by molar-refractivity contribution is 0.0946. The summed E-state index contributed by atoms with van der Waals surface area (Å²) in [6.07, 6.45) is 1.79. The number of hydrogen-bond donors (Lipinski definition) is 1. The van der Waals surface area contributed by atoms with Crippen molar-refractivity contribution in [2.24, 2.45) is 0 Å². The van der Waals surface area contributed by atoms with Gasteiger partial charge in [0.2, 0.25) is 11.7 Å². The van der Waals surface area contributed by atoms with E-state index in [2.05, 4.69) is 27.5 Å². The second-order valence-corrected chi connectivity index (χ2v) is 6.67. The molecule has 0 atom stereocenters. The maximum atomic E-state index is 12.2. The molecule has 0 saturated heterocycles. The second kappa shape index (κ2) is 8.10. The number of nitrogens with zero attached hydrogens (tertiary/aromatic N) is 4. The van der Waals surface area contributed by atoms with E-state index in [1.165, 1.54) is 0 Å². The molecular formula is C22H21N5O2. The molecule has 29 heavy (non-hydrogen) atoms. The van der Waals surface area contributed by atoms with Gasteiger partial charge in [-0.3, -0.25) is 9.48 Å². The number of carbonyl (C=O) groups excluding carboxylic acids is 1. The Bertz CT molecular complexity index is 1130. The van der Waals surface area contributed by atoms with Gasteiger partial charge < -0.3 is 9.84 Å². The van der Waals surface area contributed by atoms with Crippen molar-refractivity contribution in [3.8, 4) is 22.6 Å². The monoisotopic (exact) mass is 387 g/mol. The Morgan fingerprint density at radius 2 is 1.90 bits per heavy atom. The number of aryl methyl sites for hydroxylation is 2. The van der Waals surface area contributed by atoms with Crippen LogP contribution in [0.5, 0.6) is 0 Å². The van der Waals surface area contributed by atoms with Gasteiger partial charge in [0.15, 0.2) is 0 Å². The van der Waals surface area contributed by atoms with Crippen LogP contribution < -0.4 is 5.32 Å². The topological polar surface area (TPSA) is 85.8 Å². The summed E-state index contributed by atoms with van der Waals surface area (Å²) in [5.41, 5.74) is 4.60. The summed E-state index contributed by atoms with van der Waals surface area (Å²) in [6.45, 7) is 4.99. The molecule has 4 aromatic rings. The van der Waals surface area contributed by atoms with Gasteiger partial charge in [-0.05, 0) is 38.1 Å². The molecule has 0 aliphatic carbocycles. The predicted molar refractivity (Wildman–Crippen MR) is 109 cm³/mol. The van der Waals surface area contributed by atoms with E-state index in [0.29, 0.717) is 17.3 Å². The van der Waals surface area contributed by atoms with Crippen molar-refractivity contribution in [3.63, 3.8) is 0 Å². The van der Waals surface area contributed by atoms with Gasteiger partial charge in [0.25, 0.3) is 5.91 Å². The molecule has 2 aromatic carbocycles. The SMILES string of the molecule is CCn1nccc1-c1cccc(-c2noc(CNC(=O)c3ccc(C)cc3)n2)c1. The average Bonchev–Trinajstić information content (AvgIpc) is 3.42. The third-order valence-electron chi connectivity index (χ3n) is 4.61. The maximum Gasteiger partial charge on any atom is 0.251 e.